The first kappa shape index (κ1) is 19.1. The largest absolute Gasteiger partial charge is 0.426 e. The van der Waals surface area contributed by atoms with Gasteiger partial charge in [0.15, 0.2) is 0 Å². The molecule has 1 aliphatic rings. The molecule has 1 aliphatic carbocycles. The molecule has 27 heavy (non-hydrogen) atoms. The van der Waals surface area contributed by atoms with E-state index in [1.165, 1.54) is 18.3 Å². The van der Waals surface area contributed by atoms with E-state index in [0.717, 1.165) is 36.1 Å². The molecule has 1 aromatic heterocycles. The van der Waals surface area contributed by atoms with Gasteiger partial charge in [-0.1, -0.05) is 12.1 Å². The molecular formula is C20H22N2O4S. The van der Waals surface area contributed by atoms with E-state index in [-0.39, 0.29) is 17.2 Å². The van der Waals surface area contributed by atoms with Crippen LogP contribution in [0, 0.1) is 0 Å². The second-order valence-corrected chi connectivity index (χ2v) is 7.42. The van der Waals surface area contributed by atoms with E-state index in [2.05, 4.69) is 10.6 Å². The van der Waals surface area contributed by atoms with Crippen LogP contribution in [0.25, 0.3) is 0 Å². The summed E-state index contributed by atoms with van der Waals surface area (Å²) in [6, 6.07) is 6.55. The highest BCUT2D eigenvalue weighted by atomic mass is 32.1. The molecule has 0 saturated heterocycles. The maximum absolute atomic E-state index is 12.8. The summed E-state index contributed by atoms with van der Waals surface area (Å²) in [6.45, 7) is 3.67. The van der Waals surface area contributed by atoms with Gasteiger partial charge in [0.25, 0.3) is 11.8 Å². The molecule has 0 spiro atoms. The number of fused-ring (bicyclic) bond motifs is 1. The number of rotatable bonds is 5. The Kier molecular flexibility index (Phi) is 5.91. The zero-order valence-corrected chi connectivity index (χ0v) is 16.2. The molecule has 7 heteroatoms. The van der Waals surface area contributed by atoms with Crippen LogP contribution in [0.3, 0.4) is 0 Å². The zero-order chi connectivity index (χ0) is 19.4. The number of carbonyl (C=O) groups excluding carboxylic acids is 3. The molecule has 0 bridgehead atoms. The second kappa shape index (κ2) is 8.35. The summed E-state index contributed by atoms with van der Waals surface area (Å²) < 4.78 is 5.13. The van der Waals surface area contributed by atoms with Crippen LogP contribution in [0.1, 0.15) is 57.8 Å². The van der Waals surface area contributed by atoms with Crippen molar-refractivity contribution >= 4 is 34.1 Å². The summed E-state index contributed by atoms with van der Waals surface area (Å²) in [4.78, 5) is 37.9. The number of para-hydroxylation sites is 1. The van der Waals surface area contributed by atoms with Gasteiger partial charge in [0.05, 0.1) is 11.1 Å². The van der Waals surface area contributed by atoms with Crippen LogP contribution in [-0.4, -0.2) is 24.3 Å². The van der Waals surface area contributed by atoms with Gasteiger partial charge >= 0.3 is 5.97 Å². The van der Waals surface area contributed by atoms with Crippen molar-refractivity contribution < 1.29 is 19.1 Å². The van der Waals surface area contributed by atoms with Crippen LogP contribution < -0.4 is 15.4 Å². The van der Waals surface area contributed by atoms with Gasteiger partial charge < -0.3 is 15.4 Å². The van der Waals surface area contributed by atoms with Gasteiger partial charge in [-0.15, -0.1) is 11.3 Å². The Balaban J connectivity index is 1.94. The molecule has 142 valence electrons. The highest BCUT2D eigenvalue weighted by molar-refractivity contribution is 7.17. The topological polar surface area (TPSA) is 84.5 Å². The first-order valence-electron chi connectivity index (χ1n) is 9.02. The van der Waals surface area contributed by atoms with Gasteiger partial charge in [-0.2, -0.15) is 0 Å². The molecule has 6 nitrogen and oxygen atoms in total. The number of nitrogens with one attached hydrogen (secondary N) is 2. The molecule has 2 aromatic rings. The van der Waals surface area contributed by atoms with Crippen molar-refractivity contribution in [1.29, 1.82) is 0 Å². The van der Waals surface area contributed by atoms with E-state index in [4.69, 9.17) is 4.74 Å². The first-order valence-corrected chi connectivity index (χ1v) is 9.84. The fourth-order valence-electron chi connectivity index (χ4n) is 3.21. The van der Waals surface area contributed by atoms with Gasteiger partial charge in [-0.25, -0.2) is 0 Å². The predicted molar refractivity (Wildman–Crippen MR) is 105 cm³/mol. The number of amides is 2. The summed E-state index contributed by atoms with van der Waals surface area (Å²) >= 11 is 1.46. The first-order chi connectivity index (χ1) is 13.0. The average molecular weight is 386 g/mol. The number of carbonyl (C=O) groups is 3. The standard InChI is InChI=1S/C20H22N2O4S/c1-3-21-19(25)17-14-9-5-7-11-16(14)27-20(17)22-18(24)13-8-4-6-10-15(13)26-12(2)23/h4,6,8,10H,3,5,7,9,11H2,1-2H3,(H,21,25)(H,22,24). The molecule has 2 amide bonds. The minimum atomic E-state index is -0.496. The lowest BCUT2D eigenvalue weighted by atomic mass is 9.95. The van der Waals surface area contributed by atoms with Crippen LogP contribution in [0.2, 0.25) is 0 Å². The normalized spacial score (nSPS) is 12.8. The Morgan fingerprint density at radius 2 is 1.85 bits per heavy atom. The third kappa shape index (κ3) is 4.19. The highest BCUT2D eigenvalue weighted by Gasteiger charge is 2.26. The van der Waals surface area contributed by atoms with Gasteiger partial charge in [0, 0.05) is 18.3 Å². The smallest absolute Gasteiger partial charge is 0.308 e. The van der Waals surface area contributed by atoms with Crippen molar-refractivity contribution in [3.63, 3.8) is 0 Å². The van der Waals surface area contributed by atoms with Crippen molar-refractivity contribution in [3.8, 4) is 5.75 Å². The summed E-state index contributed by atoms with van der Waals surface area (Å²) in [6.07, 6.45) is 3.90. The number of thiophene rings is 1. The van der Waals surface area contributed by atoms with E-state index in [1.807, 2.05) is 6.92 Å². The monoisotopic (exact) mass is 386 g/mol. The third-order valence-corrected chi connectivity index (χ3v) is 5.56. The molecule has 0 atom stereocenters. The Bertz CT molecular complexity index is 888. The van der Waals surface area contributed by atoms with E-state index in [9.17, 15) is 14.4 Å². The number of anilines is 1. The van der Waals surface area contributed by atoms with Crippen molar-refractivity contribution in [2.45, 2.75) is 39.5 Å². The lowest BCUT2D eigenvalue weighted by molar-refractivity contribution is -0.131. The predicted octanol–water partition coefficient (Wildman–Crippen LogP) is 3.55. The van der Waals surface area contributed by atoms with Crippen molar-refractivity contribution in [2.24, 2.45) is 0 Å². The molecule has 1 heterocycles. The van der Waals surface area contributed by atoms with Crippen LogP contribution >= 0.6 is 11.3 Å². The van der Waals surface area contributed by atoms with Crippen LogP contribution in [0.15, 0.2) is 24.3 Å². The van der Waals surface area contributed by atoms with Crippen molar-refractivity contribution in [1.82, 2.24) is 5.32 Å². The molecule has 2 N–H and O–H groups in total. The maximum Gasteiger partial charge on any atom is 0.308 e. The Hall–Kier alpha value is -2.67. The molecule has 0 radical (unpaired) electrons. The molecular weight excluding hydrogens is 364 g/mol. The fraction of sp³-hybridized carbons (Fsp3) is 0.350. The molecule has 0 unspecified atom stereocenters. The van der Waals surface area contributed by atoms with E-state index >= 15 is 0 Å². The summed E-state index contributed by atoms with van der Waals surface area (Å²) in [5, 5.41) is 6.25. The molecule has 0 saturated carbocycles. The summed E-state index contributed by atoms with van der Waals surface area (Å²) in [5.41, 5.74) is 1.86. The van der Waals surface area contributed by atoms with E-state index in [0.29, 0.717) is 17.1 Å². The van der Waals surface area contributed by atoms with Gasteiger partial charge in [0.1, 0.15) is 10.8 Å². The molecule has 1 aromatic carbocycles. The quantitative estimate of drug-likeness (QED) is 0.608. The Morgan fingerprint density at radius 3 is 2.59 bits per heavy atom. The number of esters is 1. The minimum absolute atomic E-state index is 0.166. The second-order valence-electron chi connectivity index (χ2n) is 6.32. The summed E-state index contributed by atoms with van der Waals surface area (Å²) in [5.74, 6) is -0.871. The minimum Gasteiger partial charge on any atom is -0.426 e. The Morgan fingerprint density at radius 1 is 1.11 bits per heavy atom. The van der Waals surface area contributed by atoms with Gasteiger partial charge in [0.2, 0.25) is 0 Å². The maximum atomic E-state index is 12.8. The van der Waals surface area contributed by atoms with Crippen LogP contribution in [0.4, 0.5) is 5.00 Å². The Labute approximate surface area is 161 Å². The highest BCUT2D eigenvalue weighted by Crippen LogP contribution is 2.38. The zero-order valence-electron chi connectivity index (χ0n) is 15.4. The molecule has 3 rings (SSSR count). The van der Waals surface area contributed by atoms with Crippen molar-refractivity contribution in [2.75, 3.05) is 11.9 Å². The molecule has 0 aliphatic heterocycles. The van der Waals surface area contributed by atoms with Crippen molar-refractivity contribution in [3.05, 3.63) is 45.8 Å². The number of hydrogen-bond acceptors (Lipinski definition) is 5. The number of aryl methyl sites for hydroxylation is 1. The average Bonchev–Trinajstić information content (AvgIpc) is 2.99. The van der Waals surface area contributed by atoms with Gasteiger partial charge in [-0.3, -0.25) is 14.4 Å². The lowest BCUT2D eigenvalue weighted by Crippen LogP contribution is -2.25. The fourth-order valence-corrected chi connectivity index (χ4v) is 4.49. The van der Waals surface area contributed by atoms with Crippen LogP contribution in [0.5, 0.6) is 5.75 Å². The SMILES string of the molecule is CCNC(=O)c1c(NC(=O)c2ccccc2OC(C)=O)sc2c1CCCC2. The number of benzene rings is 1. The van der Waals surface area contributed by atoms with Gasteiger partial charge in [-0.05, 0) is 50.3 Å². The number of ether oxygens (including phenoxy) is 1. The lowest BCUT2D eigenvalue weighted by Gasteiger charge is -2.13. The number of hydrogen-bond donors (Lipinski definition) is 2. The van der Waals surface area contributed by atoms with Crippen LogP contribution in [-0.2, 0) is 17.6 Å². The van der Waals surface area contributed by atoms with E-state index in [1.54, 1.807) is 24.3 Å². The summed E-state index contributed by atoms with van der Waals surface area (Å²) in [7, 11) is 0. The van der Waals surface area contributed by atoms with E-state index < -0.39 is 11.9 Å². The third-order valence-electron chi connectivity index (χ3n) is 4.35. The molecule has 0 fully saturated rings.